The summed E-state index contributed by atoms with van der Waals surface area (Å²) in [5, 5.41) is 0. The molecule has 0 aromatic heterocycles. The van der Waals surface area contributed by atoms with Gasteiger partial charge in [0.1, 0.15) is 0 Å². The second kappa shape index (κ2) is 8.35. The van der Waals surface area contributed by atoms with Crippen LogP contribution in [0.5, 0.6) is 0 Å². The molecule has 0 unspecified atom stereocenters. The molecule has 0 nitrogen and oxygen atoms in total. The van der Waals surface area contributed by atoms with E-state index in [2.05, 4.69) is 61.2 Å². The topological polar surface area (TPSA) is 0 Å². The van der Waals surface area contributed by atoms with Gasteiger partial charge in [0.05, 0.1) is 0 Å². The van der Waals surface area contributed by atoms with Gasteiger partial charge in [-0.3, -0.25) is 0 Å². The molecule has 0 spiro atoms. The van der Waals surface area contributed by atoms with Crippen LogP contribution in [0, 0.1) is 0 Å². The zero-order valence-corrected chi connectivity index (χ0v) is 12.1. The minimum atomic E-state index is 0.986. The molecule has 0 amide bonds. The largest absolute Gasteiger partial charge is 0.0988 e. The number of halogens is 1. The Kier molecular flexibility index (Phi) is 7.92. The van der Waals surface area contributed by atoms with E-state index < -0.39 is 0 Å². The fourth-order valence-corrected chi connectivity index (χ4v) is 1.42. The van der Waals surface area contributed by atoms with E-state index in [4.69, 9.17) is 0 Å². The summed E-state index contributed by atoms with van der Waals surface area (Å²) in [5.41, 5.74) is 3.56. The highest BCUT2D eigenvalue weighted by Gasteiger charge is 1.97. The minimum absolute atomic E-state index is 0.986. The first kappa shape index (κ1) is 15.2. The van der Waals surface area contributed by atoms with E-state index in [0.717, 1.165) is 22.9 Å². The summed E-state index contributed by atoms with van der Waals surface area (Å²) in [4.78, 5) is 0. The van der Waals surface area contributed by atoms with Crippen molar-refractivity contribution in [2.24, 2.45) is 0 Å². The molecule has 1 heteroatoms. The maximum atomic E-state index is 4.10. The summed E-state index contributed by atoms with van der Waals surface area (Å²) in [7, 11) is 0. The Balaban J connectivity index is 4.93. The molecule has 0 fully saturated rings. The van der Waals surface area contributed by atoms with E-state index in [1.54, 1.807) is 0 Å². The molecule has 0 bridgehead atoms. The second-order valence-corrected chi connectivity index (χ2v) is 4.85. The highest BCUT2D eigenvalue weighted by molar-refractivity contribution is 9.11. The third-order valence-corrected chi connectivity index (χ3v) is 2.60. The van der Waals surface area contributed by atoms with Crippen LogP contribution in [0.4, 0.5) is 0 Å². The van der Waals surface area contributed by atoms with Gasteiger partial charge in [-0.15, -0.1) is 0 Å². The average molecular weight is 281 g/mol. The highest BCUT2D eigenvalue weighted by atomic mass is 79.9. The number of allylic oxidation sites excluding steroid dienone is 8. The maximum absolute atomic E-state index is 4.10. The monoisotopic (exact) mass is 280 g/mol. The van der Waals surface area contributed by atoms with Crippen molar-refractivity contribution in [2.75, 3.05) is 0 Å². The molecule has 0 radical (unpaired) electrons. The Bertz CT molecular complexity index is 336. The van der Waals surface area contributed by atoms with Gasteiger partial charge >= 0.3 is 0 Å². The van der Waals surface area contributed by atoms with E-state index >= 15 is 0 Å². The summed E-state index contributed by atoms with van der Waals surface area (Å²) in [6.45, 7) is 14.2. The molecule has 0 saturated carbocycles. The van der Waals surface area contributed by atoms with Gasteiger partial charge in [0, 0.05) is 0 Å². The van der Waals surface area contributed by atoms with Gasteiger partial charge in [0.2, 0.25) is 0 Å². The van der Waals surface area contributed by atoms with Crippen molar-refractivity contribution in [2.45, 2.75) is 33.6 Å². The Morgan fingerprint density at radius 2 is 1.81 bits per heavy atom. The molecule has 0 heterocycles. The van der Waals surface area contributed by atoms with Crippen LogP contribution in [-0.4, -0.2) is 0 Å². The predicted molar refractivity (Wildman–Crippen MR) is 78.8 cm³/mol. The van der Waals surface area contributed by atoms with Gasteiger partial charge < -0.3 is 0 Å². The normalized spacial score (nSPS) is 13.9. The first-order valence-electron chi connectivity index (χ1n) is 5.60. The maximum Gasteiger partial charge on any atom is -0.00803 e. The molecule has 0 aromatic rings. The van der Waals surface area contributed by atoms with Crippen LogP contribution in [0.15, 0.2) is 58.7 Å². The number of rotatable bonds is 6. The Labute approximate surface area is 108 Å². The van der Waals surface area contributed by atoms with Crippen LogP contribution in [0.3, 0.4) is 0 Å². The van der Waals surface area contributed by atoms with Gasteiger partial charge in [0.15, 0.2) is 0 Å². The lowest BCUT2D eigenvalue weighted by atomic mass is 10.0. The molecule has 0 aliphatic heterocycles. The molecule has 0 saturated heterocycles. The van der Waals surface area contributed by atoms with Gasteiger partial charge in [-0.1, -0.05) is 67.2 Å². The molecule has 88 valence electrons. The Hall–Kier alpha value is -0.820. The Morgan fingerprint density at radius 1 is 1.19 bits per heavy atom. The number of hydrogen-bond donors (Lipinski definition) is 0. The fraction of sp³-hybridized carbons (Fsp3) is 0.333. The lowest BCUT2D eigenvalue weighted by molar-refractivity contribution is 1.11. The van der Waals surface area contributed by atoms with Crippen LogP contribution in [0.25, 0.3) is 0 Å². The van der Waals surface area contributed by atoms with Crippen LogP contribution < -0.4 is 0 Å². The van der Waals surface area contributed by atoms with Crippen molar-refractivity contribution in [3.63, 3.8) is 0 Å². The summed E-state index contributed by atoms with van der Waals surface area (Å²) in [5.74, 6) is 0. The van der Waals surface area contributed by atoms with Crippen molar-refractivity contribution in [3.8, 4) is 0 Å². The van der Waals surface area contributed by atoms with Crippen LogP contribution in [0.2, 0.25) is 0 Å². The molecular formula is C15H21Br. The lowest BCUT2D eigenvalue weighted by Gasteiger charge is -2.05. The van der Waals surface area contributed by atoms with E-state index in [1.807, 2.05) is 13.0 Å². The smallest absolute Gasteiger partial charge is 0.00803 e. The van der Waals surface area contributed by atoms with Gasteiger partial charge in [-0.05, 0) is 41.0 Å². The van der Waals surface area contributed by atoms with Crippen molar-refractivity contribution in [1.29, 1.82) is 0 Å². The average Bonchev–Trinajstić information content (AvgIpc) is 2.26. The molecule has 16 heavy (non-hydrogen) atoms. The third-order valence-electron chi connectivity index (χ3n) is 2.34. The van der Waals surface area contributed by atoms with E-state index in [1.165, 1.54) is 11.1 Å². The molecule has 0 rings (SSSR count). The number of hydrogen-bond acceptors (Lipinski definition) is 0. The summed E-state index contributed by atoms with van der Waals surface area (Å²) >= 11 is 3.41. The molecule has 0 N–H and O–H groups in total. The first-order valence-corrected chi connectivity index (χ1v) is 6.39. The molecular weight excluding hydrogens is 260 g/mol. The standard InChI is InChI=1S/C15H21Br/c1-6-14(7-2)11-12(4)15(8-3)10-9-13(5)16/h6,9-11H,1,4,7-8H2,2-3,5H3/b13-9+,14-11+,15-10+. The van der Waals surface area contributed by atoms with Crippen LogP contribution in [0.1, 0.15) is 33.6 Å². The zero-order chi connectivity index (χ0) is 12.6. The summed E-state index contributed by atoms with van der Waals surface area (Å²) in [6, 6.07) is 0. The van der Waals surface area contributed by atoms with Gasteiger partial charge in [-0.25, -0.2) is 0 Å². The molecule has 0 aliphatic carbocycles. The molecule has 0 aromatic carbocycles. The SMILES string of the molecule is C=C/C(=C\C(=C)/C(=C/C=C(\C)Br)CC)CC. The van der Waals surface area contributed by atoms with Crippen molar-refractivity contribution in [3.05, 3.63) is 58.7 Å². The zero-order valence-electron chi connectivity index (χ0n) is 10.5. The minimum Gasteiger partial charge on any atom is -0.0988 e. The first-order chi connectivity index (χ1) is 7.54. The second-order valence-electron chi connectivity index (χ2n) is 3.60. The van der Waals surface area contributed by atoms with Gasteiger partial charge in [0.25, 0.3) is 0 Å². The fourth-order valence-electron chi connectivity index (χ4n) is 1.29. The lowest BCUT2D eigenvalue weighted by Crippen LogP contribution is -1.85. The summed E-state index contributed by atoms with van der Waals surface area (Å²) < 4.78 is 1.12. The van der Waals surface area contributed by atoms with Crippen LogP contribution >= 0.6 is 15.9 Å². The van der Waals surface area contributed by atoms with Crippen molar-refractivity contribution >= 4 is 15.9 Å². The summed E-state index contributed by atoms with van der Waals surface area (Å²) in [6.07, 6.45) is 10.1. The highest BCUT2D eigenvalue weighted by Crippen LogP contribution is 2.18. The molecule has 0 atom stereocenters. The van der Waals surface area contributed by atoms with E-state index in [9.17, 15) is 0 Å². The third kappa shape index (κ3) is 5.92. The van der Waals surface area contributed by atoms with Crippen molar-refractivity contribution < 1.29 is 0 Å². The van der Waals surface area contributed by atoms with Crippen LogP contribution in [-0.2, 0) is 0 Å². The van der Waals surface area contributed by atoms with E-state index in [0.29, 0.717) is 0 Å². The Morgan fingerprint density at radius 3 is 2.19 bits per heavy atom. The predicted octanol–water partition coefficient (Wildman–Crippen LogP) is 5.70. The van der Waals surface area contributed by atoms with Crippen molar-refractivity contribution in [1.82, 2.24) is 0 Å². The van der Waals surface area contributed by atoms with E-state index in [-0.39, 0.29) is 0 Å². The van der Waals surface area contributed by atoms with Gasteiger partial charge in [-0.2, -0.15) is 0 Å². The quantitative estimate of drug-likeness (QED) is 0.548. The molecule has 0 aliphatic rings.